The van der Waals surface area contributed by atoms with Crippen molar-refractivity contribution in [2.75, 3.05) is 7.11 Å². The number of carbonyl (C=O) groups is 1. The summed E-state index contributed by atoms with van der Waals surface area (Å²) in [6.07, 6.45) is 0. The van der Waals surface area contributed by atoms with Gasteiger partial charge in [-0.15, -0.1) is 0 Å². The van der Waals surface area contributed by atoms with Crippen molar-refractivity contribution in [1.29, 1.82) is 5.26 Å². The predicted octanol–water partition coefficient (Wildman–Crippen LogP) is 1.74. The predicted molar refractivity (Wildman–Crippen MR) is 85.1 cm³/mol. The fourth-order valence-electron chi connectivity index (χ4n) is 2.03. The maximum absolute atomic E-state index is 12.5. The molecular weight excluding hydrogens is 332 g/mol. The van der Waals surface area contributed by atoms with E-state index in [2.05, 4.69) is 4.72 Å². The average molecular weight is 346 g/mol. The number of nitriles is 1. The van der Waals surface area contributed by atoms with Crippen molar-refractivity contribution in [2.45, 2.75) is 11.4 Å². The Labute approximate surface area is 139 Å². The molecule has 0 radical (unpaired) electrons. The number of hydrogen-bond acceptors (Lipinski definition) is 5. The second-order valence-corrected chi connectivity index (χ2v) is 6.54. The van der Waals surface area contributed by atoms with Gasteiger partial charge in [0.05, 0.1) is 24.3 Å². The summed E-state index contributed by atoms with van der Waals surface area (Å²) in [7, 11) is -2.70. The van der Waals surface area contributed by atoms with Crippen LogP contribution < -0.4 is 9.46 Å². The number of ether oxygens (including phenoxy) is 1. The number of hydrogen-bond donors (Lipinski definition) is 2. The second-order valence-electron chi connectivity index (χ2n) is 4.81. The van der Waals surface area contributed by atoms with Crippen molar-refractivity contribution in [3.8, 4) is 11.8 Å². The van der Waals surface area contributed by atoms with Gasteiger partial charge < -0.3 is 9.84 Å². The lowest BCUT2D eigenvalue weighted by molar-refractivity contribution is 0.0696. The van der Waals surface area contributed by atoms with Gasteiger partial charge in [-0.05, 0) is 35.9 Å². The first kappa shape index (κ1) is 17.5. The first-order chi connectivity index (χ1) is 11.4. The highest BCUT2D eigenvalue weighted by Crippen LogP contribution is 2.25. The maximum Gasteiger partial charge on any atom is 0.335 e. The van der Waals surface area contributed by atoms with Crippen molar-refractivity contribution in [3.05, 3.63) is 59.2 Å². The zero-order chi connectivity index (χ0) is 17.7. The monoisotopic (exact) mass is 346 g/mol. The van der Waals surface area contributed by atoms with Crippen LogP contribution in [0.2, 0.25) is 0 Å². The van der Waals surface area contributed by atoms with Crippen LogP contribution in [0.25, 0.3) is 0 Å². The van der Waals surface area contributed by atoms with E-state index in [1.54, 1.807) is 24.3 Å². The van der Waals surface area contributed by atoms with Crippen molar-refractivity contribution in [2.24, 2.45) is 0 Å². The van der Waals surface area contributed by atoms with Gasteiger partial charge in [0.15, 0.2) is 0 Å². The van der Waals surface area contributed by atoms with E-state index < -0.39 is 16.0 Å². The highest BCUT2D eigenvalue weighted by Gasteiger charge is 2.21. The summed E-state index contributed by atoms with van der Waals surface area (Å²) >= 11 is 0. The van der Waals surface area contributed by atoms with E-state index in [1.807, 2.05) is 6.07 Å². The van der Waals surface area contributed by atoms with E-state index in [4.69, 9.17) is 15.1 Å². The number of aromatic carboxylic acids is 1. The Morgan fingerprint density at radius 1 is 1.29 bits per heavy atom. The number of carboxylic acid groups (broad SMARTS) is 1. The highest BCUT2D eigenvalue weighted by atomic mass is 32.2. The fraction of sp³-hybridized carbons (Fsp3) is 0.125. The second kappa shape index (κ2) is 7.12. The van der Waals surface area contributed by atoms with Crippen LogP contribution in [0.1, 0.15) is 21.5 Å². The van der Waals surface area contributed by atoms with Crippen molar-refractivity contribution >= 4 is 16.0 Å². The molecule has 2 aromatic rings. The van der Waals surface area contributed by atoms with Gasteiger partial charge in [-0.1, -0.05) is 12.1 Å². The molecule has 2 rings (SSSR count). The highest BCUT2D eigenvalue weighted by molar-refractivity contribution is 7.89. The molecule has 0 aliphatic heterocycles. The third-order valence-corrected chi connectivity index (χ3v) is 4.64. The molecule has 0 bridgehead atoms. The van der Waals surface area contributed by atoms with Gasteiger partial charge in [-0.3, -0.25) is 0 Å². The van der Waals surface area contributed by atoms with Gasteiger partial charge in [0.2, 0.25) is 10.0 Å². The average Bonchev–Trinajstić information content (AvgIpc) is 2.59. The van der Waals surface area contributed by atoms with E-state index in [9.17, 15) is 13.2 Å². The molecule has 24 heavy (non-hydrogen) atoms. The van der Waals surface area contributed by atoms with Crippen LogP contribution in [-0.4, -0.2) is 26.6 Å². The van der Waals surface area contributed by atoms with Gasteiger partial charge in [-0.2, -0.15) is 5.26 Å². The van der Waals surface area contributed by atoms with Gasteiger partial charge >= 0.3 is 5.97 Å². The molecular formula is C16H14N2O5S. The molecule has 7 nitrogen and oxygen atoms in total. The maximum atomic E-state index is 12.5. The van der Waals surface area contributed by atoms with Crippen LogP contribution in [0.3, 0.4) is 0 Å². The van der Waals surface area contributed by atoms with E-state index in [1.165, 1.54) is 19.2 Å². The Bertz CT molecular complexity index is 916. The van der Waals surface area contributed by atoms with Crippen LogP contribution in [-0.2, 0) is 16.6 Å². The van der Waals surface area contributed by atoms with Gasteiger partial charge in [0, 0.05) is 6.54 Å². The molecule has 0 aliphatic carbocycles. The lowest BCUT2D eigenvalue weighted by atomic mass is 10.1. The van der Waals surface area contributed by atoms with Crippen molar-refractivity contribution < 1.29 is 23.1 Å². The fourth-order valence-corrected chi connectivity index (χ4v) is 3.24. The van der Waals surface area contributed by atoms with E-state index in [0.29, 0.717) is 11.1 Å². The zero-order valence-corrected chi connectivity index (χ0v) is 13.5. The summed E-state index contributed by atoms with van der Waals surface area (Å²) in [5, 5.41) is 17.9. The van der Waals surface area contributed by atoms with Crippen LogP contribution in [0.15, 0.2) is 47.4 Å². The minimum absolute atomic E-state index is 0.0401. The molecule has 0 saturated carbocycles. The first-order valence-corrected chi connectivity index (χ1v) is 8.25. The van der Waals surface area contributed by atoms with Crippen molar-refractivity contribution in [1.82, 2.24) is 4.72 Å². The number of methoxy groups -OCH3 is 1. The van der Waals surface area contributed by atoms with Gasteiger partial charge in [0.25, 0.3) is 0 Å². The number of rotatable bonds is 6. The Morgan fingerprint density at radius 2 is 2.04 bits per heavy atom. The third kappa shape index (κ3) is 3.90. The smallest absolute Gasteiger partial charge is 0.335 e. The number of benzene rings is 2. The minimum atomic E-state index is -4.00. The first-order valence-electron chi connectivity index (χ1n) is 6.77. The Balaban J connectivity index is 2.31. The Hall–Kier alpha value is -2.89. The molecule has 8 heteroatoms. The summed E-state index contributed by atoms with van der Waals surface area (Å²) in [6.45, 7) is -0.0433. The Kier molecular flexibility index (Phi) is 5.18. The van der Waals surface area contributed by atoms with Crippen LogP contribution in [0.5, 0.6) is 5.75 Å². The SMILES string of the molecule is COc1ccc(C(=O)O)cc1S(=O)(=O)NCc1cccc(C#N)c1. The van der Waals surface area contributed by atoms with Crippen LogP contribution >= 0.6 is 0 Å². The molecule has 0 fully saturated rings. The molecule has 0 saturated heterocycles. The van der Waals surface area contributed by atoms with E-state index in [-0.39, 0.29) is 22.8 Å². The number of carboxylic acids is 1. The largest absolute Gasteiger partial charge is 0.495 e. The summed E-state index contributed by atoms with van der Waals surface area (Å²) in [5.74, 6) is -1.20. The summed E-state index contributed by atoms with van der Waals surface area (Å²) < 4.78 is 32.3. The van der Waals surface area contributed by atoms with Crippen LogP contribution in [0.4, 0.5) is 0 Å². The lowest BCUT2D eigenvalue weighted by Crippen LogP contribution is -2.24. The molecule has 0 unspecified atom stereocenters. The number of nitrogens with one attached hydrogen (secondary N) is 1. The quantitative estimate of drug-likeness (QED) is 0.823. The molecule has 0 aliphatic rings. The van der Waals surface area contributed by atoms with Gasteiger partial charge in [0.1, 0.15) is 10.6 Å². The Morgan fingerprint density at radius 3 is 2.67 bits per heavy atom. The van der Waals surface area contributed by atoms with E-state index in [0.717, 1.165) is 6.07 Å². The summed E-state index contributed by atoms with van der Waals surface area (Å²) in [6, 6.07) is 12.0. The number of sulfonamides is 1. The van der Waals surface area contributed by atoms with Gasteiger partial charge in [-0.25, -0.2) is 17.9 Å². The molecule has 0 spiro atoms. The third-order valence-electron chi connectivity index (χ3n) is 3.22. The minimum Gasteiger partial charge on any atom is -0.495 e. The summed E-state index contributed by atoms with van der Waals surface area (Å²) in [4.78, 5) is 10.8. The van der Waals surface area contributed by atoms with Crippen LogP contribution in [0, 0.1) is 11.3 Å². The topological polar surface area (TPSA) is 116 Å². The van der Waals surface area contributed by atoms with Crippen molar-refractivity contribution in [3.63, 3.8) is 0 Å². The van der Waals surface area contributed by atoms with E-state index >= 15 is 0 Å². The molecule has 0 atom stereocenters. The molecule has 0 amide bonds. The molecule has 2 N–H and O–H groups in total. The summed E-state index contributed by atoms with van der Waals surface area (Å²) in [5.41, 5.74) is 0.853. The normalized spacial score (nSPS) is 10.8. The molecule has 2 aromatic carbocycles. The molecule has 124 valence electrons. The standard InChI is InChI=1S/C16H14N2O5S/c1-23-14-6-5-13(16(19)20)8-15(14)24(21,22)18-10-12-4-2-3-11(7-12)9-17/h2-8,18H,10H2,1H3,(H,19,20). The molecule has 0 heterocycles. The molecule has 0 aromatic heterocycles. The zero-order valence-electron chi connectivity index (χ0n) is 12.7. The number of nitrogens with zero attached hydrogens (tertiary/aromatic N) is 1. The lowest BCUT2D eigenvalue weighted by Gasteiger charge is -2.11.